The fourth-order valence-electron chi connectivity index (χ4n) is 2.31. The topological polar surface area (TPSA) is 79.5 Å². The molecule has 0 aliphatic carbocycles. The van der Waals surface area contributed by atoms with Crippen LogP contribution in [-0.2, 0) is 4.79 Å². The molecule has 1 atom stereocenters. The van der Waals surface area contributed by atoms with Gasteiger partial charge in [-0.1, -0.05) is 6.07 Å². The molecule has 0 spiro atoms. The van der Waals surface area contributed by atoms with Crippen molar-refractivity contribution in [3.05, 3.63) is 53.6 Å². The van der Waals surface area contributed by atoms with Crippen molar-refractivity contribution in [2.75, 3.05) is 17.7 Å². The van der Waals surface area contributed by atoms with E-state index in [1.54, 1.807) is 25.1 Å². The third-order valence-corrected chi connectivity index (χ3v) is 3.56. The van der Waals surface area contributed by atoms with E-state index in [0.717, 1.165) is 12.1 Å². The Morgan fingerprint density at radius 3 is 2.38 bits per heavy atom. The first-order valence-corrected chi connectivity index (χ1v) is 7.78. The van der Waals surface area contributed by atoms with Gasteiger partial charge in [0.1, 0.15) is 5.75 Å². The summed E-state index contributed by atoms with van der Waals surface area (Å²) in [5.41, 5.74) is 1.24. The Morgan fingerprint density at radius 2 is 1.77 bits per heavy atom. The highest BCUT2D eigenvalue weighted by atomic mass is 19.2. The molecule has 2 aromatic rings. The molecule has 0 saturated heterocycles. The Morgan fingerprint density at radius 1 is 1.04 bits per heavy atom. The molecule has 0 radical (unpaired) electrons. The first-order valence-electron chi connectivity index (χ1n) is 7.78. The highest BCUT2D eigenvalue weighted by Gasteiger charge is 2.14. The van der Waals surface area contributed by atoms with Crippen molar-refractivity contribution in [3.63, 3.8) is 0 Å². The van der Waals surface area contributed by atoms with Crippen LogP contribution in [0.15, 0.2) is 36.4 Å². The van der Waals surface area contributed by atoms with Crippen LogP contribution in [0.1, 0.15) is 25.5 Å². The van der Waals surface area contributed by atoms with Crippen LogP contribution >= 0.6 is 0 Å². The summed E-state index contributed by atoms with van der Waals surface area (Å²) in [4.78, 5) is 23.4. The fraction of sp³-hybridized carbons (Fsp3) is 0.222. The van der Waals surface area contributed by atoms with E-state index in [4.69, 9.17) is 4.74 Å². The van der Waals surface area contributed by atoms with E-state index in [-0.39, 0.29) is 5.91 Å². The number of hydrogen-bond acceptors (Lipinski definition) is 3. The number of carbonyl (C=O) groups excluding carboxylic acids is 2. The van der Waals surface area contributed by atoms with E-state index in [1.807, 2.05) is 0 Å². The average Bonchev–Trinajstić information content (AvgIpc) is 2.57. The summed E-state index contributed by atoms with van der Waals surface area (Å²) in [7, 11) is 1.44. The van der Waals surface area contributed by atoms with Gasteiger partial charge in [0.15, 0.2) is 11.6 Å². The lowest BCUT2D eigenvalue weighted by Crippen LogP contribution is -2.31. The predicted octanol–water partition coefficient (Wildman–Crippen LogP) is 3.81. The number of rotatable bonds is 5. The quantitative estimate of drug-likeness (QED) is 0.756. The van der Waals surface area contributed by atoms with Crippen molar-refractivity contribution in [1.29, 1.82) is 0 Å². The molecule has 0 unspecified atom stereocenters. The summed E-state index contributed by atoms with van der Waals surface area (Å²) < 4.78 is 31.5. The number of nitrogens with one attached hydrogen (secondary N) is 3. The first kappa shape index (κ1) is 19.2. The van der Waals surface area contributed by atoms with E-state index >= 15 is 0 Å². The van der Waals surface area contributed by atoms with E-state index in [1.165, 1.54) is 20.1 Å². The van der Waals surface area contributed by atoms with Gasteiger partial charge in [0.25, 0.3) is 0 Å². The normalized spacial score (nSPS) is 11.4. The molecule has 138 valence electrons. The van der Waals surface area contributed by atoms with Crippen molar-refractivity contribution in [1.82, 2.24) is 5.32 Å². The summed E-state index contributed by atoms with van der Waals surface area (Å²) in [5.74, 6) is -1.79. The Kier molecular flexibility index (Phi) is 6.11. The fourth-order valence-corrected chi connectivity index (χ4v) is 2.31. The van der Waals surface area contributed by atoms with Gasteiger partial charge in [0.05, 0.1) is 18.8 Å². The molecule has 3 N–H and O–H groups in total. The second-order valence-electron chi connectivity index (χ2n) is 5.59. The minimum Gasteiger partial charge on any atom is -0.495 e. The zero-order chi connectivity index (χ0) is 19.3. The van der Waals surface area contributed by atoms with Crippen molar-refractivity contribution < 1.29 is 23.1 Å². The van der Waals surface area contributed by atoms with E-state index in [2.05, 4.69) is 16.0 Å². The molecular weight excluding hydrogens is 344 g/mol. The number of anilines is 2. The summed E-state index contributed by atoms with van der Waals surface area (Å²) in [5, 5.41) is 7.83. The van der Waals surface area contributed by atoms with Crippen molar-refractivity contribution in [2.24, 2.45) is 0 Å². The number of halogens is 2. The van der Waals surface area contributed by atoms with Crippen LogP contribution in [0.4, 0.5) is 25.0 Å². The number of ether oxygens (including phenoxy) is 1. The van der Waals surface area contributed by atoms with E-state index < -0.39 is 23.7 Å². The summed E-state index contributed by atoms with van der Waals surface area (Å²) in [6.07, 6.45) is 0. The third-order valence-electron chi connectivity index (χ3n) is 3.56. The maximum atomic E-state index is 13.3. The average molecular weight is 363 g/mol. The zero-order valence-electron chi connectivity index (χ0n) is 14.5. The molecule has 0 heterocycles. The lowest BCUT2D eigenvalue weighted by Gasteiger charge is -2.17. The Labute approximate surface area is 149 Å². The lowest BCUT2D eigenvalue weighted by atomic mass is 10.1. The van der Waals surface area contributed by atoms with Gasteiger partial charge in [-0.3, -0.25) is 4.79 Å². The number of hydrogen-bond donors (Lipinski definition) is 3. The van der Waals surface area contributed by atoms with Crippen LogP contribution < -0.4 is 20.7 Å². The second-order valence-corrected chi connectivity index (χ2v) is 5.59. The van der Waals surface area contributed by atoms with Gasteiger partial charge in [-0.2, -0.15) is 0 Å². The minimum absolute atomic E-state index is 0.252. The van der Waals surface area contributed by atoms with Gasteiger partial charge in [0.2, 0.25) is 5.91 Å². The highest BCUT2D eigenvalue weighted by Crippen LogP contribution is 2.28. The Bertz CT molecular complexity index is 827. The maximum Gasteiger partial charge on any atom is 0.319 e. The molecule has 3 amide bonds. The smallest absolute Gasteiger partial charge is 0.319 e. The van der Waals surface area contributed by atoms with Gasteiger partial charge >= 0.3 is 6.03 Å². The van der Waals surface area contributed by atoms with Crippen LogP contribution in [0.2, 0.25) is 0 Å². The summed E-state index contributed by atoms with van der Waals surface area (Å²) in [6, 6.07) is 7.06. The molecule has 0 fully saturated rings. The maximum absolute atomic E-state index is 13.3. The minimum atomic E-state index is -0.985. The number of urea groups is 1. The van der Waals surface area contributed by atoms with Crippen LogP contribution in [0.3, 0.4) is 0 Å². The highest BCUT2D eigenvalue weighted by molar-refractivity contribution is 5.94. The predicted molar refractivity (Wildman–Crippen MR) is 94.2 cm³/mol. The van der Waals surface area contributed by atoms with Crippen LogP contribution in [0, 0.1) is 11.6 Å². The first-order chi connectivity index (χ1) is 12.3. The van der Waals surface area contributed by atoms with Crippen LogP contribution in [0.5, 0.6) is 5.75 Å². The van der Waals surface area contributed by atoms with Crippen molar-refractivity contribution in [3.8, 4) is 5.75 Å². The molecule has 2 aromatic carbocycles. The molecule has 8 heteroatoms. The molecule has 26 heavy (non-hydrogen) atoms. The Hall–Kier alpha value is -3.16. The van der Waals surface area contributed by atoms with Gasteiger partial charge < -0.3 is 20.7 Å². The van der Waals surface area contributed by atoms with Gasteiger partial charge in [-0.15, -0.1) is 0 Å². The monoisotopic (exact) mass is 363 g/mol. The van der Waals surface area contributed by atoms with Crippen molar-refractivity contribution >= 4 is 23.3 Å². The second kappa shape index (κ2) is 8.28. The molecule has 0 bridgehead atoms. The number of benzene rings is 2. The molecule has 6 nitrogen and oxygen atoms in total. The standard InChI is InChI=1S/C18H19F2N3O3/c1-10(12-4-6-14(19)15(20)8-12)21-18(25)23-16-9-13(22-11(2)24)5-7-17(16)26-3/h4-10H,1-3H3,(H,22,24)(H2,21,23,25)/t10-/m1/s1. The largest absolute Gasteiger partial charge is 0.495 e. The third kappa shape index (κ3) is 4.92. The number of carbonyl (C=O) groups is 2. The molecule has 0 saturated carbocycles. The SMILES string of the molecule is COc1ccc(NC(C)=O)cc1NC(=O)N[C@H](C)c1ccc(F)c(F)c1. The summed E-state index contributed by atoms with van der Waals surface area (Å²) in [6.45, 7) is 3.00. The molecule has 0 aromatic heterocycles. The van der Waals surface area contributed by atoms with Gasteiger partial charge in [-0.25, -0.2) is 13.6 Å². The van der Waals surface area contributed by atoms with E-state index in [0.29, 0.717) is 22.7 Å². The Balaban J connectivity index is 2.10. The lowest BCUT2D eigenvalue weighted by molar-refractivity contribution is -0.114. The van der Waals surface area contributed by atoms with Crippen LogP contribution in [-0.4, -0.2) is 19.0 Å². The molecule has 0 aliphatic rings. The van der Waals surface area contributed by atoms with E-state index in [9.17, 15) is 18.4 Å². The molecule has 2 rings (SSSR count). The number of amides is 3. The van der Waals surface area contributed by atoms with Gasteiger partial charge in [-0.05, 0) is 42.8 Å². The molecule has 0 aliphatic heterocycles. The van der Waals surface area contributed by atoms with Crippen molar-refractivity contribution in [2.45, 2.75) is 19.9 Å². The zero-order valence-corrected chi connectivity index (χ0v) is 14.5. The summed E-state index contributed by atoms with van der Waals surface area (Å²) >= 11 is 0. The van der Waals surface area contributed by atoms with Crippen LogP contribution in [0.25, 0.3) is 0 Å². The number of methoxy groups -OCH3 is 1. The van der Waals surface area contributed by atoms with Gasteiger partial charge in [0, 0.05) is 12.6 Å². The molecular formula is C18H19F2N3O3.